The van der Waals surface area contributed by atoms with Gasteiger partial charge in [-0.2, -0.15) is 0 Å². The number of rotatable bonds is 8. The van der Waals surface area contributed by atoms with Crippen LogP contribution in [0.15, 0.2) is 48.0 Å². The van der Waals surface area contributed by atoms with Crippen LogP contribution < -0.4 is 4.74 Å². The fraction of sp³-hybridized carbons (Fsp3) is 0.385. The van der Waals surface area contributed by atoms with E-state index in [2.05, 4.69) is 13.8 Å². The molecule has 7 heteroatoms. The van der Waals surface area contributed by atoms with Crippen LogP contribution in [0.1, 0.15) is 48.9 Å². The average Bonchev–Trinajstić information content (AvgIpc) is 3.03. The predicted octanol–water partition coefficient (Wildman–Crippen LogP) is 4.33. The number of carbonyl (C=O) groups is 2. The Morgan fingerprint density at radius 3 is 2.39 bits per heavy atom. The number of halogens is 1. The number of nitrogens with zero attached hydrogens (tertiary/aromatic N) is 2. The Kier molecular flexibility index (Phi) is 7.53. The number of hydrogen-bond acceptors (Lipinski definition) is 5. The minimum Gasteiger partial charge on any atom is -0.507 e. The molecule has 1 amide bonds. The minimum absolute atomic E-state index is 0.0348. The number of hydrogen-bond donors (Lipinski definition) is 1. The molecular formula is C26H31FN2O4. The van der Waals surface area contributed by atoms with Crippen LogP contribution in [-0.4, -0.2) is 60.9 Å². The molecule has 33 heavy (non-hydrogen) atoms. The number of aliphatic hydroxyl groups excluding tert-OH is 1. The molecule has 0 aliphatic carbocycles. The van der Waals surface area contributed by atoms with Crippen LogP contribution in [0.2, 0.25) is 0 Å². The highest BCUT2D eigenvalue weighted by atomic mass is 19.1. The maximum Gasteiger partial charge on any atom is 0.295 e. The van der Waals surface area contributed by atoms with E-state index in [0.29, 0.717) is 24.4 Å². The third kappa shape index (κ3) is 5.09. The molecule has 1 aliphatic rings. The maximum absolute atomic E-state index is 14.0. The summed E-state index contributed by atoms with van der Waals surface area (Å²) < 4.78 is 19.3. The number of carbonyl (C=O) groups excluding carboxylic acids is 2. The quantitative estimate of drug-likeness (QED) is 0.365. The van der Waals surface area contributed by atoms with Gasteiger partial charge in [0.05, 0.1) is 24.3 Å². The van der Waals surface area contributed by atoms with Gasteiger partial charge < -0.3 is 19.6 Å². The van der Waals surface area contributed by atoms with Gasteiger partial charge in [-0.15, -0.1) is 0 Å². The Balaban J connectivity index is 2.15. The van der Waals surface area contributed by atoms with Crippen LogP contribution >= 0.6 is 0 Å². The number of ether oxygens (including phenoxy) is 1. The van der Waals surface area contributed by atoms with E-state index in [1.165, 1.54) is 24.1 Å². The van der Waals surface area contributed by atoms with Crippen molar-refractivity contribution in [2.75, 3.05) is 34.3 Å². The summed E-state index contributed by atoms with van der Waals surface area (Å²) in [6, 6.07) is 10.6. The summed E-state index contributed by atoms with van der Waals surface area (Å²) in [6.45, 7) is 5.24. The molecule has 0 spiro atoms. The normalized spacial score (nSPS) is 17.9. The zero-order valence-electron chi connectivity index (χ0n) is 19.8. The summed E-state index contributed by atoms with van der Waals surface area (Å²) in [5, 5.41) is 11.2. The lowest BCUT2D eigenvalue weighted by Gasteiger charge is -2.26. The van der Waals surface area contributed by atoms with Crippen molar-refractivity contribution in [1.82, 2.24) is 9.80 Å². The Morgan fingerprint density at radius 1 is 1.15 bits per heavy atom. The minimum atomic E-state index is -0.790. The van der Waals surface area contributed by atoms with Crippen LogP contribution in [-0.2, 0) is 9.59 Å². The first-order valence-corrected chi connectivity index (χ1v) is 11.0. The van der Waals surface area contributed by atoms with E-state index < -0.39 is 29.3 Å². The molecule has 3 rings (SSSR count). The van der Waals surface area contributed by atoms with Crippen molar-refractivity contribution >= 4 is 17.4 Å². The lowest BCUT2D eigenvalue weighted by molar-refractivity contribution is -0.139. The summed E-state index contributed by atoms with van der Waals surface area (Å²) in [5.41, 5.74) is 1.80. The first kappa shape index (κ1) is 24.5. The molecule has 6 nitrogen and oxygen atoms in total. The van der Waals surface area contributed by atoms with Crippen LogP contribution in [0.4, 0.5) is 4.39 Å². The standard InChI is InChI=1S/C26H31FN2O4/c1-16(2)17-7-9-18(10-8-17)23-22(24(30)20-15-19(27)11-12-21(20)33-5)25(31)26(32)29(23)14-6-13-28(3)4/h7-12,15-16,23,30H,6,13-14H2,1-5H3/b24-22+. The van der Waals surface area contributed by atoms with Crippen molar-refractivity contribution in [3.05, 3.63) is 70.5 Å². The van der Waals surface area contributed by atoms with E-state index >= 15 is 0 Å². The van der Waals surface area contributed by atoms with Gasteiger partial charge in [-0.1, -0.05) is 38.1 Å². The highest BCUT2D eigenvalue weighted by molar-refractivity contribution is 6.46. The summed E-state index contributed by atoms with van der Waals surface area (Å²) in [4.78, 5) is 29.6. The van der Waals surface area contributed by atoms with Gasteiger partial charge in [-0.25, -0.2) is 4.39 Å². The van der Waals surface area contributed by atoms with E-state index in [1.807, 2.05) is 43.3 Å². The van der Waals surface area contributed by atoms with Gasteiger partial charge in [0.15, 0.2) is 0 Å². The molecule has 176 valence electrons. The van der Waals surface area contributed by atoms with E-state index in [-0.39, 0.29) is 16.9 Å². The van der Waals surface area contributed by atoms with Crippen molar-refractivity contribution in [3.8, 4) is 5.75 Å². The molecular weight excluding hydrogens is 423 g/mol. The zero-order valence-corrected chi connectivity index (χ0v) is 19.8. The monoisotopic (exact) mass is 454 g/mol. The number of amides is 1. The average molecular weight is 455 g/mol. The molecule has 1 heterocycles. The zero-order chi connectivity index (χ0) is 24.3. The van der Waals surface area contributed by atoms with Gasteiger partial charge in [-0.3, -0.25) is 9.59 Å². The SMILES string of the molecule is COc1ccc(F)cc1/C(O)=C1\C(=O)C(=O)N(CCCN(C)C)C1c1ccc(C(C)C)cc1. The molecule has 1 aliphatic heterocycles. The highest BCUT2D eigenvalue weighted by Crippen LogP contribution is 2.41. The summed E-state index contributed by atoms with van der Waals surface area (Å²) >= 11 is 0. The molecule has 1 N–H and O–H groups in total. The number of methoxy groups -OCH3 is 1. The second-order valence-corrected chi connectivity index (χ2v) is 8.82. The van der Waals surface area contributed by atoms with E-state index in [1.54, 1.807) is 0 Å². The number of ketones is 1. The highest BCUT2D eigenvalue weighted by Gasteiger charge is 2.46. The van der Waals surface area contributed by atoms with Crippen LogP contribution in [0.25, 0.3) is 5.76 Å². The largest absolute Gasteiger partial charge is 0.507 e. The second kappa shape index (κ2) is 10.2. The Hall–Kier alpha value is -3.19. The Bertz CT molecular complexity index is 1060. The fourth-order valence-corrected chi connectivity index (χ4v) is 4.09. The van der Waals surface area contributed by atoms with Crippen LogP contribution in [0.5, 0.6) is 5.75 Å². The second-order valence-electron chi connectivity index (χ2n) is 8.82. The van der Waals surface area contributed by atoms with Gasteiger partial charge in [0.2, 0.25) is 0 Å². The van der Waals surface area contributed by atoms with Gasteiger partial charge in [0.25, 0.3) is 11.7 Å². The lowest BCUT2D eigenvalue weighted by Crippen LogP contribution is -2.32. The number of aliphatic hydroxyl groups is 1. The number of benzene rings is 2. The molecule has 1 unspecified atom stereocenters. The van der Waals surface area contributed by atoms with Crippen molar-refractivity contribution < 1.29 is 23.8 Å². The molecule has 0 bridgehead atoms. The molecule has 0 aromatic heterocycles. The van der Waals surface area contributed by atoms with Crippen molar-refractivity contribution in [2.45, 2.75) is 32.2 Å². The van der Waals surface area contributed by atoms with E-state index in [0.717, 1.165) is 18.2 Å². The summed E-state index contributed by atoms with van der Waals surface area (Å²) in [6.07, 6.45) is 0.657. The topological polar surface area (TPSA) is 70.1 Å². The summed E-state index contributed by atoms with van der Waals surface area (Å²) in [7, 11) is 5.27. The first-order valence-electron chi connectivity index (χ1n) is 11.0. The molecule has 1 atom stereocenters. The van der Waals surface area contributed by atoms with E-state index in [4.69, 9.17) is 4.74 Å². The van der Waals surface area contributed by atoms with Crippen molar-refractivity contribution in [1.29, 1.82) is 0 Å². The van der Waals surface area contributed by atoms with Crippen molar-refractivity contribution in [3.63, 3.8) is 0 Å². The third-order valence-electron chi connectivity index (χ3n) is 5.88. The Labute approximate surface area is 194 Å². The van der Waals surface area contributed by atoms with Gasteiger partial charge >= 0.3 is 0 Å². The van der Waals surface area contributed by atoms with Crippen LogP contribution in [0, 0.1) is 5.82 Å². The smallest absolute Gasteiger partial charge is 0.295 e. The van der Waals surface area contributed by atoms with E-state index in [9.17, 15) is 19.1 Å². The number of likely N-dealkylation sites (tertiary alicyclic amines) is 1. The van der Waals surface area contributed by atoms with Crippen LogP contribution in [0.3, 0.4) is 0 Å². The molecule has 2 aromatic rings. The molecule has 0 saturated carbocycles. The van der Waals surface area contributed by atoms with Gasteiger partial charge in [0.1, 0.15) is 17.3 Å². The third-order valence-corrected chi connectivity index (χ3v) is 5.88. The van der Waals surface area contributed by atoms with Crippen molar-refractivity contribution in [2.24, 2.45) is 0 Å². The van der Waals surface area contributed by atoms with Gasteiger partial charge in [0, 0.05) is 6.54 Å². The predicted molar refractivity (Wildman–Crippen MR) is 126 cm³/mol. The maximum atomic E-state index is 14.0. The number of Topliss-reactive ketones (excluding diaryl/α,β-unsaturated/α-hetero) is 1. The first-order chi connectivity index (χ1) is 15.6. The molecule has 1 saturated heterocycles. The lowest BCUT2D eigenvalue weighted by atomic mass is 9.93. The van der Waals surface area contributed by atoms with Gasteiger partial charge in [-0.05, 0) is 62.3 Å². The Morgan fingerprint density at radius 2 is 1.82 bits per heavy atom. The molecule has 1 fully saturated rings. The molecule has 2 aromatic carbocycles. The fourth-order valence-electron chi connectivity index (χ4n) is 4.09. The molecule has 0 radical (unpaired) electrons. The summed E-state index contributed by atoms with van der Waals surface area (Å²) in [5.74, 6) is -1.97.